The number of imidazole rings is 1. The summed E-state index contributed by atoms with van der Waals surface area (Å²) in [4.78, 5) is 20.1. The molecule has 1 aliphatic heterocycles. The molecule has 1 atom stereocenters. The molecule has 0 bridgehead atoms. The number of fused-ring (bicyclic) bond motifs is 1. The van der Waals surface area contributed by atoms with Gasteiger partial charge in [0.15, 0.2) is 0 Å². The molecule has 1 amide bonds. The maximum absolute atomic E-state index is 12.9. The van der Waals surface area contributed by atoms with Gasteiger partial charge < -0.3 is 14.2 Å². The summed E-state index contributed by atoms with van der Waals surface area (Å²) in [6.07, 6.45) is 7.51. The molecular formula is C28H34ClN3O2. The van der Waals surface area contributed by atoms with Gasteiger partial charge in [-0.15, -0.1) is 0 Å². The van der Waals surface area contributed by atoms with E-state index in [4.69, 9.17) is 21.3 Å². The van der Waals surface area contributed by atoms with Gasteiger partial charge in [-0.3, -0.25) is 4.79 Å². The Hall–Kier alpha value is -2.53. The van der Waals surface area contributed by atoms with Crippen molar-refractivity contribution in [2.24, 2.45) is 0 Å². The van der Waals surface area contributed by atoms with Gasteiger partial charge in [0, 0.05) is 36.5 Å². The van der Waals surface area contributed by atoms with Gasteiger partial charge in [-0.25, -0.2) is 4.98 Å². The Bertz CT molecular complexity index is 1160. The summed E-state index contributed by atoms with van der Waals surface area (Å²) in [6.45, 7) is 6.24. The highest BCUT2D eigenvalue weighted by atomic mass is 35.5. The number of benzene rings is 2. The summed E-state index contributed by atoms with van der Waals surface area (Å²) in [7, 11) is 0. The molecule has 5 nitrogen and oxygen atoms in total. The second-order valence-electron chi connectivity index (χ2n) is 9.92. The lowest BCUT2D eigenvalue weighted by molar-refractivity contribution is -0.130. The standard InChI is InChI=1S/C28H34ClN3O2/c1-19-15-23(16-20(2)27(19)29)34-14-8-13-31-25-12-7-6-11-24(25)30-28(31)21-17-26(33)32(18-21)22-9-4-3-5-10-22/h6-7,11-12,15-16,21-22H,3-5,8-10,13-14,17-18H2,1-2H3. The molecule has 1 unspecified atom stereocenters. The van der Waals surface area contributed by atoms with Crippen LogP contribution in [0.5, 0.6) is 5.75 Å². The highest BCUT2D eigenvalue weighted by molar-refractivity contribution is 6.32. The van der Waals surface area contributed by atoms with Crippen LogP contribution >= 0.6 is 11.6 Å². The molecule has 1 saturated heterocycles. The molecule has 2 aromatic carbocycles. The first kappa shape index (κ1) is 23.2. The van der Waals surface area contributed by atoms with Gasteiger partial charge in [0.2, 0.25) is 5.91 Å². The van der Waals surface area contributed by atoms with Crippen LogP contribution in [0.3, 0.4) is 0 Å². The number of amides is 1. The first-order valence-electron chi connectivity index (χ1n) is 12.7. The van der Waals surface area contributed by atoms with Crippen LogP contribution in [0, 0.1) is 13.8 Å². The van der Waals surface area contributed by atoms with Crippen LogP contribution in [-0.2, 0) is 11.3 Å². The molecular weight excluding hydrogens is 446 g/mol. The largest absolute Gasteiger partial charge is 0.494 e. The maximum Gasteiger partial charge on any atom is 0.223 e. The van der Waals surface area contributed by atoms with Crippen LogP contribution in [0.25, 0.3) is 11.0 Å². The van der Waals surface area contributed by atoms with Crippen molar-refractivity contribution in [2.75, 3.05) is 13.2 Å². The first-order chi connectivity index (χ1) is 16.5. The lowest BCUT2D eigenvalue weighted by atomic mass is 9.94. The molecule has 1 aliphatic carbocycles. The van der Waals surface area contributed by atoms with E-state index in [-0.39, 0.29) is 5.92 Å². The summed E-state index contributed by atoms with van der Waals surface area (Å²) in [5.74, 6) is 2.36. The van der Waals surface area contributed by atoms with Crippen molar-refractivity contribution in [2.45, 2.75) is 77.3 Å². The molecule has 2 aliphatic rings. The number of ether oxygens (including phenoxy) is 1. The maximum atomic E-state index is 12.9. The molecule has 3 aromatic rings. The third kappa shape index (κ3) is 4.68. The van der Waals surface area contributed by atoms with E-state index in [0.29, 0.717) is 25.0 Å². The molecule has 0 spiro atoms. The van der Waals surface area contributed by atoms with E-state index in [9.17, 15) is 4.79 Å². The monoisotopic (exact) mass is 479 g/mol. The number of rotatable bonds is 7. The predicted octanol–water partition coefficient (Wildman–Crippen LogP) is 6.42. The first-order valence-corrected chi connectivity index (χ1v) is 13.0. The fraction of sp³-hybridized carbons (Fsp3) is 0.500. The molecule has 2 fully saturated rings. The highest BCUT2D eigenvalue weighted by Gasteiger charge is 2.37. The topological polar surface area (TPSA) is 47.4 Å². The molecule has 0 radical (unpaired) electrons. The number of aromatic nitrogens is 2. The van der Waals surface area contributed by atoms with Gasteiger partial charge in [-0.2, -0.15) is 0 Å². The van der Waals surface area contributed by atoms with E-state index < -0.39 is 0 Å². The van der Waals surface area contributed by atoms with Crippen LogP contribution in [-0.4, -0.2) is 39.6 Å². The van der Waals surface area contributed by atoms with Crippen LogP contribution in [0.4, 0.5) is 0 Å². The number of hydrogen-bond donors (Lipinski definition) is 0. The van der Waals surface area contributed by atoms with Crippen LogP contribution < -0.4 is 4.74 Å². The van der Waals surface area contributed by atoms with E-state index >= 15 is 0 Å². The number of aryl methyl sites for hydroxylation is 3. The van der Waals surface area contributed by atoms with Crippen molar-refractivity contribution >= 4 is 28.5 Å². The van der Waals surface area contributed by atoms with Gasteiger partial charge in [0.05, 0.1) is 17.6 Å². The number of carbonyl (C=O) groups excluding carboxylic acids is 1. The highest BCUT2D eigenvalue weighted by Crippen LogP contribution is 2.34. The van der Waals surface area contributed by atoms with Gasteiger partial charge in [0.25, 0.3) is 0 Å². The summed E-state index contributed by atoms with van der Waals surface area (Å²) in [6, 6.07) is 12.7. The summed E-state index contributed by atoms with van der Waals surface area (Å²) >= 11 is 6.29. The zero-order valence-electron chi connectivity index (χ0n) is 20.2. The van der Waals surface area contributed by atoms with Gasteiger partial charge >= 0.3 is 0 Å². The lowest BCUT2D eigenvalue weighted by Gasteiger charge is -2.31. The third-order valence-corrected chi connectivity index (χ3v) is 8.02. The molecule has 34 heavy (non-hydrogen) atoms. The number of hydrogen-bond acceptors (Lipinski definition) is 3. The minimum absolute atomic E-state index is 0.157. The molecule has 6 heteroatoms. The van der Waals surface area contributed by atoms with E-state index in [1.54, 1.807) is 0 Å². The summed E-state index contributed by atoms with van der Waals surface area (Å²) in [5, 5.41) is 0.801. The zero-order chi connectivity index (χ0) is 23.7. The Morgan fingerprint density at radius 2 is 1.82 bits per heavy atom. The predicted molar refractivity (Wildman–Crippen MR) is 137 cm³/mol. The van der Waals surface area contributed by atoms with Crippen LogP contribution in [0.15, 0.2) is 36.4 Å². The number of carbonyl (C=O) groups is 1. The number of halogens is 1. The van der Waals surface area contributed by atoms with E-state index in [1.165, 1.54) is 19.3 Å². The average Bonchev–Trinajstić information content (AvgIpc) is 3.41. The third-order valence-electron chi connectivity index (χ3n) is 7.43. The van der Waals surface area contributed by atoms with Crippen LogP contribution in [0.2, 0.25) is 5.02 Å². The van der Waals surface area contributed by atoms with E-state index in [0.717, 1.165) is 71.1 Å². The van der Waals surface area contributed by atoms with E-state index in [1.807, 2.05) is 32.0 Å². The average molecular weight is 480 g/mol. The van der Waals surface area contributed by atoms with Gasteiger partial charge in [0.1, 0.15) is 11.6 Å². The zero-order valence-corrected chi connectivity index (χ0v) is 21.0. The molecule has 5 rings (SSSR count). The van der Waals surface area contributed by atoms with Crippen molar-refractivity contribution in [1.29, 1.82) is 0 Å². The Morgan fingerprint density at radius 3 is 2.59 bits per heavy atom. The second kappa shape index (κ2) is 9.99. The summed E-state index contributed by atoms with van der Waals surface area (Å²) in [5.41, 5.74) is 4.21. The van der Waals surface area contributed by atoms with E-state index in [2.05, 4.69) is 27.7 Å². The van der Waals surface area contributed by atoms with Crippen LogP contribution in [0.1, 0.15) is 67.8 Å². The quantitative estimate of drug-likeness (QED) is 0.367. The fourth-order valence-corrected chi connectivity index (χ4v) is 5.80. The Balaban J connectivity index is 1.30. The van der Waals surface area contributed by atoms with Crippen molar-refractivity contribution in [3.63, 3.8) is 0 Å². The number of para-hydroxylation sites is 2. The Labute approximate surface area is 207 Å². The Morgan fingerprint density at radius 1 is 1.09 bits per heavy atom. The van der Waals surface area contributed by atoms with Crippen molar-refractivity contribution in [1.82, 2.24) is 14.5 Å². The van der Waals surface area contributed by atoms with Crippen molar-refractivity contribution in [3.8, 4) is 5.75 Å². The van der Waals surface area contributed by atoms with Crippen molar-refractivity contribution in [3.05, 3.63) is 58.4 Å². The second-order valence-corrected chi connectivity index (χ2v) is 10.3. The normalized spacial score (nSPS) is 19.3. The molecule has 0 N–H and O–H groups in total. The number of nitrogens with zero attached hydrogens (tertiary/aromatic N) is 3. The SMILES string of the molecule is Cc1cc(OCCCn2c(C3CC(=O)N(C4CCCCC4)C3)nc3ccccc32)cc(C)c1Cl. The molecule has 1 aromatic heterocycles. The number of likely N-dealkylation sites (tertiary alicyclic amines) is 1. The smallest absolute Gasteiger partial charge is 0.223 e. The lowest BCUT2D eigenvalue weighted by Crippen LogP contribution is -2.37. The van der Waals surface area contributed by atoms with Crippen molar-refractivity contribution < 1.29 is 9.53 Å². The van der Waals surface area contributed by atoms with Gasteiger partial charge in [-0.05, 0) is 68.5 Å². The molecule has 2 heterocycles. The molecule has 180 valence electrons. The summed E-state index contributed by atoms with van der Waals surface area (Å²) < 4.78 is 8.38. The minimum atomic E-state index is 0.157. The Kier molecular flexibility index (Phi) is 6.82. The van der Waals surface area contributed by atoms with Gasteiger partial charge in [-0.1, -0.05) is 43.0 Å². The molecule has 1 saturated carbocycles. The fourth-order valence-electron chi connectivity index (χ4n) is 5.69. The minimum Gasteiger partial charge on any atom is -0.494 e.